The van der Waals surface area contributed by atoms with Crippen LogP contribution in [0, 0.1) is 0 Å². The van der Waals surface area contributed by atoms with Crippen molar-refractivity contribution in [3.8, 4) is 0 Å². The summed E-state index contributed by atoms with van der Waals surface area (Å²) in [4.78, 5) is 30.6. The number of hydrogen-bond donors (Lipinski definition) is 3. The predicted molar refractivity (Wildman–Crippen MR) is 106 cm³/mol. The van der Waals surface area contributed by atoms with Gasteiger partial charge in [0.1, 0.15) is 0 Å². The van der Waals surface area contributed by atoms with Gasteiger partial charge in [0.25, 0.3) is 5.91 Å². The minimum absolute atomic E-state index is 0.120. The van der Waals surface area contributed by atoms with Crippen molar-refractivity contribution in [3.05, 3.63) is 46.1 Å². The molecule has 1 aliphatic heterocycles. The Morgan fingerprint density at radius 3 is 2.76 bits per heavy atom. The topological polar surface area (TPSA) is 135 Å². The fourth-order valence-corrected chi connectivity index (χ4v) is 5.29. The third-order valence-corrected chi connectivity index (χ3v) is 7.08. The van der Waals surface area contributed by atoms with Crippen molar-refractivity contribution in [3.63, 3.8) is 0 Å². The maximum atomic E-state index is 13.2. The monoisotopic (exact) mass is 418 g/mol. The van der Waals surface area contributed by atoms with Crippen molar-refractivity contribution in [1.82, 2.24) is 29.4 Å². The number of amides is 1. The van der Waals surface area contributed by atoms with Gasteiger partial charge in [0.05, 0.1) is 33.4 Å². The average Bonchev–Trinajstić information content (AvgIpc) is 3.32. The molecule has 4 rings (SSSR count). The lowest BCUT2D eigenvalue weighted by molar-refractivity contribution is 0.0825. The van der Waals surface area contributed by atoms with E-state index < -0.39 is 10.0 Å². The molecule has 1 fully saturated rings. The summed E-state index contributed by atoms with van der Waals surface area (Å²) >= 11 is 0. The summed E-state index contributed by atoms with van der Waals surface area (Å²) in [6.45, 7) is 0.644. The van der Waals surface area contributed by atoms with Crippen molar-refractivity contribution in [2.24, 2.45) is 0 Å². The highest BCUT2D eigenvalue weighted by molar-refractivity contribution is 7.89. The number of piperidine rings is 1. The van der Waals surface area contributed by atoms with E-state index in [1.54, 1.807) is 20.2 Å². The van der Waals surface area contributed by atoms with Crippen LogP contribution < -0.4 is 5.69 Å². The zero-order valence-corrected chi connectivity index (χ0v) is 16.9. The summed E-state index contributed by atoms with van der Waals surface area (Å²) < 4.78 is 27.8. The molecule has 0 radical (unpaired) electrons. The first-order chi connectivity index (χ1) is 13.8. The maximum Gasteiger partial charge on any atom is 0.323 e. The largest absolute Gasteiger partial charge is 0.345 e. The van der Waals surface area contributed by atoms with Gasteiger partial charge in [0.15, 0.2) is 0 Å². The molecule has 0 bridgehead atoms. The fraction of sp³-hybridized carbons (Fsp3) is 0.389. The molecule has 10 nitrogen and oxygen atoms in total. The number of nitrogens with zero attached hydrogens (tertiary/aromatic N) is 3. The zero-order valence-electron chi connectivity index (χ0n) is 16.1. The van der Waals surface area contributed by atoms with Gasteiger partial charge < -0.3 is 14.9 Å². The lowest BCUT2D eigenvalue weighted by Gasteiger charge is -2.32. The van der Waals surface area contributed by atoms with E-state index in [-0.39, 0.29) is 29.0 Å². The molecule has 0 unspecified atom stereocenters. The number of H-pyrrole nitrogens is 3. The summed E-state index contributed by atoms with van der Waals surface area (Å²) in [5.41, 5.74) is 1.73. The summed E-state index contributed by atoms with van der Waals surface area (Å²) in [5.74, 6) is -0.327. The molecular weight excluding hydrogens is 396 g/mol. The Labute approximate surface area is 167 Å². The fourth-order valence-electron chi connectivity index (χ4n) is 3.74. The van der Waals surface area contributed by atoms with Crippen LogP contribution in [0.1, 0.15) is 34.8 Å². The first-order valence-corrected chi connectivity index (χ1v) is 10.7. The standard InChI is InChI=1S/C18H22N6O4S/c1-23(2)17(25)13-9-19-22-16(13)11-4-3-7-24(10-11)29(27,28)12-5-6-14-15(8-12)21-18(26)20-14/h5-6,8-9,11H,3-4,7,10H2,1-2H3,(H,19,22)(H2,20,21,26)/t11-/m1/s1. The molecule has 3 N–H and O–H groups in total. The number of hydrogen-bond acceptors (Lipinski definition) is 5. The number of imidazole rings is 1. The van der Waals surface area contributed by atoms with Crippen molar-refractivity contribution in [1.29, 1.82) is 0 Å². The number of aromatic amines is 3. The van der Waals surface area contributed by atoms with Crippen molar-refractivity contribution < 1.29 is 13.2 Å². The Balaban J connectivity index is 1.63. The number of aromatic nitrogens is 4. The Morgan fingerprint density at radius 1 is 1.24 bits per heavy atom. The van der Waals surface area contributed by atoms with E-state index in [1.165, 1.54) is 27.5 Å². The third kappa shape index (κ3) is 3.47. The van der Waals surface area contributed by atoms with Crippen LogP contribution in [0.25, 0.3) is 11.0 Å². The number of carbonyl (C=O) groups is 1. The first kappa shape index (κ1) is 19.4. The molecule has 1 saturated heterocycles. The number of rotatable bonds is 4. The normalized spacial score (nSPS) is 18.2. The van der Waals surface area contributed by atoms with E-state index in [9.17, 15) is 18.0 Å². The van der Waals surface area contributed by atoms with Crippen molar-refractivity contribution in [2.75, 3.05) is 27.2 Å². The first-order valence-electron chi connectivity index (χ1n) is 9.24. The van der Waals surface area contributed by atoms with Crippen LogP contribution in [0.4, 0.5) is 0 Å². The SMILES string of the molecule is CN(C)C(=O)c1cn[nH]c1[C@@H]1CCCN(S(=O)(=O)c2ccc3[nH]c(=O)[nH]c3c2)C1. The molecule has 154 valence electrons. The molecule has 0 spiro atoms. The maximum absolute atomic E-state index is 13.2. The lowest BCUT2D eigenvalue weighted by atomic mass is 9.93. The summed E-state index contributed by atoms with van der Waals surface area (Å²) in [7, 11) is -0.420. The van der Waals surface area contributed by atoms with Gasteiger partial charge in [-0.2, -0.15) is 9.40 Å². The molecule has 1 aromatic carbocycles. The van der Waals surface area contributed by atoms with Crippen LogP contribution in [-0.2, 0) is 10.0 Å². The van der Waals surface area contributed by atoms with Crippen molar-refractivity contribution in [2.45, 2.75) is 23.7 Å². The molecule has 0 saturated carbocycles. The number of carbonyl (C=O) groups excluding carboxylic acids is 1. The highest BCUT2D eigenvalue weighted by atomic mass is 32.2. The Bertz CT molecular complexity index is 1220. The van der Waals surface area contributed by atoms with Crippen LogP contribution >= 0.6 is 0 Å². The van der Waals surface area contributed by atoms with E-state index in [0.717, 1.165) is 6.42 Å². The van der Waals surface area contributed by atoms with E-state index in [1.807, 2.05) is 0 Å². The quantitative estimate of drug-likeness (QED) is 0.577. The second-order valence-electron chi connectivity index (χ2n) is 7.39. The molecule has 3 aromatic rings. The molecular formula is C18H22N6O4S. The summed E-state index contributed by atoms with van der Waals surface area (Å²) in [6, 6.07) is 4.52. The molecule has 11 heteroatoms. The third-order valence-electron chi connectivity index (χ3n) is 5.22. The van der Waals surface area contributed by atoms with Gasteiger partial charge in [-0.1, -0.05) is 0 Å². The number of benzene rings is 1. The van der Waals surface area contributed by atoms with E-state index in [0.29, 0.717) is 35.3 Å². The summed E-state index contributed by atoms with van der Waals surface area (Å²) in [6.07, 6.45) is 2.91. The van der Waals surface area contributed by atoms with Gasteiger partial charge >= 0.3 is 5.69 Å². The van der Waals surface area contributed by atoms with Gasteiger partial charge in [0.2, 0.25) is 10.0 Å². The Morgan fingerprint density at radius 2 is 2.00 bits per heavy atom. The smallest absolute Gasteiger partial charge is 0.323 e. The molecule has 0 aliphatic carbocycles. The second kappa shape index (κ2) is 7.16. The van der Waals surface area contributed by atoms with Crippen LogP contribution in [0.3, 0.4) is 0 Å². The molecule has 3 heterocycles. The Kier molecular flexibility index (Phi) is 4.79. The molecule has 1 amide bonds. The van der Waals surface area contributed by atoms with Crippen LogP contribution in [0.5, 0.6) is 0 Å². The van der Waals surface area contributed by atoms with E-state index in [2.05, 4.69) is 20.2 Å². The van der Waals surface area contributed by atoms with Gasteiger partial charge in [-0.3, -0.25) is 9.89 Å². The highest BCUT2D eigenvalue weighted by Crippen LogP contribution is 2.31. The second-order valence-corrected chi connectivity index (χ2v) is 9.32. The van der Waals surface area contributed by atoms with E-state index >= 15 is 0 Å². The molecule has 2 aromatic heterocycles. The Hall–Kier alpha value is -2.92. The molecule has 29 heavy (non-hydrogen) atoms. The van der Waals surface area contributed by atoms with Crippen LogP contribution in [0.2, 0.25) is 0 Å². The van der Waals surface area contributed by atoms with Crippen LogP contribution in [0.15, 0.2) is 34.1 Å². The minimum atomic E-state index is -3.75. The van der Waals surface area contributed by atoms with Gasteiger partial charge in [0, 0.05) is 33.1 Å². The highest BCUT2D eigenvalue weighted by Gasteiger charge is 2.33. The van der Waals surface area contributed by atoms with E-state index in [4.69, 9.17) is 0 Å². The zero-order chi connectivity index (χ0) is 20.8. The van der Waals surface area contributed by atoms with Gasteiger partial charge in [-0.15, -0.1) is 0 Å². The van der Waals surface area contributed by atoms with Crippen LogP contribution in [-0.4, -0.2) is 70.9 Å². The number of nitrogens with one attached hydrogen (secondary N) is 3. The number of sulfonamides is 1. The molecule has 1 atom stereocenters. The van der Waals surface area contributed by atoms with Crippen molar-refractivity contribution >= 4 is 27.0 Å². The van der Waals surface area contributed by atoms with Gasteiger partial charge in [-0.25, -0.2) is 13.2 Å². The predicted octanol–water partition coefficient (Wildman–Crippen LogP) is 0.849. The van der Waals surface area contributed by atoms with Gasteiger partial charge in [-0.05, 0) is 31.0 Å². The summed E-state index contributed by atoms with van der Waals surface area (Å²) in [5, 5.41) is 6.89. The average molecular weight is 418 g/mol. The number of fused-ring (bicyclic) bond motifs is 1. The molecule has 1 aliphatic rings. The minimum Gasteiger partial charge on any atom is -0.345 e. The lowest BCUT2D eigenvalue weighted by Crippen LogP contribution is -2.39.